The summed E-state index contributed by atoms with van der Waals surface area (Å²) in [7, 11) is 0. The van der Waals surface area contributed by atoms with Gasteiger partial charge in [-0.2, -0.15) is 0 Å². The number of pyridine rings is 1. The molecule has 0 saturated carbocycles. The molecule has 7 heteroatoms. The van der Waals surface area contributed by atoms with Crippen LogP contribution < -0.4 is 14.5 Å². The maximum atomic E-state index is 11.3. The Morgan fingerprint density at radius 3 is 2.56 bits per heavy atom. The lowest BCUT2D eigenvalue weighted by atomic mass is 10.00. The third-order valence-corrected chi connectivity index (χ3v) is 7.07. The van der Waals surface area contributed by atoms with Gasteiger partial charge in [0.25, 0.3) is 0 Å². The number of halogens is 1. The van der Waals surface area contributed by atoms with Crippen molar-refractivity contribution in [1.29, 1.82) is 0 Å². The maximum Gasteiger partial charge on any atom is 0.305 e. The molecule has 0 amide bonds. The molecule has 2 aromatic rings. The van der Waals surface area contributed by atoms with Gasteiger partial charge in [0.15, 0.2) is 0 Å². The minimum atomic E-state index is -0.737. The van der Waals surface area contributed by atoms with E-state index in [1.807, 2.05) is 12.1 Å². The van der Waals surface area contributed by atoms with Crippen LogP contribution in [0.4, 0.5) is 11.4 Å². The van der Waals surface area contributed by atoms with Gasteiger partial charge in [-0.1, -0.05) is 25.4 Å². The van der Waals surface area contributed by atoms with Crippen LogP contribution in [-0.4, -0.2) is 47.8 Å². The van der Waals surface area contributed by atoms with Gasteiger partial charge < -0.3 is 19.6 Å². The third-order valence-electron chi connectivity index (χ3n) is 6.77. The number of rotatable bonds is 7. The Bertz CT molecular complexity index is 929. The Morgan fingerprint density at radius 2 is 1.91 bits per heavy atom. The van der Waals surface area contributed by atoms with Crippen molar-refractivity contribution in [2.45, 2.75) is 58.1 Å². The number of nitrogens with zero attached hydrogens (tertiary/aromatic N) is 3. The Balaban J connectivity index is 1.34. The molecule has 2 saturated heterocycles. The summed E-state index contributed by atoms with van der Waals surface area (Å²) in [5.74, 6) is 0.512. The molecule has 2 aliphatic rings. The fourth-order valence-electron chi connectivity index (χ4n) is 4.85. The molecule has 172 valence electrons. The highest BCUT2D eigenvalue weighted by molar-refractivity contribution is 6.33. The summed E-state index contributed by atoms with van der Waals surface area (Å²) < 4.78 is 6.26. The lowest BCUT2D eigenvalue weighted by Gasteiger charge is -2.34. The number of piperidine rings is 1. The molecule has 2 fully saturated rings. The maximum absolute atomic E-state index is 11.3. The highest BCUT2D eigenvalue weighted by Crippen LogP contribution is 2.33. The van der Waals surface area contributed by atoms with E-state index in [0.717, 1.165) is 68.1 Å². The molecular formula is C25H32ClN3O3. The van der Waals surface area contributed by atoms with E-state index < -0.39 is 5.97 Å². The molecule has 0 spiro atoms. The van der Waals surface area contributed by atoms with Gasteiger partial charge in [0, 0.05) is 56.1 Å². The van der Waals surface area contributed by atoms with Crippen LogP contribution in [0.5, 0.6) is 5.75 Å². The van der Waals surface area contributed by atoms with Crippen molar-refractivity contribution >= 4 is 28.9 Å². The van der Waals surface area contributed by atoms with Crippen LogP contribution in [0.15, 0.2) is 36.5 Å². The molecule has 32 heavy (non-hydrogen) atoms. The third kappa shape index (κ3) is 5.12. The molecule has 4 rings (SSSR count). The number of carboxylic acids is 1. The van der Waals surface area contributed by atoms with Crippen LogP contribution in [0.2, 0.25) is 5.02 Å². The van der Waals surface area contributed by atoms with Crippen LogP contribution in [0.25, 0.3) is 0 Å². The van der Waals surface area contributed by atoms with E-state index in [1.165, 1.54) is 0 Å². The van der Waals surface area contributed by atoms with Gasteiger partial charge in [0.05, 0.1) is 17.1 Å². The summed E-state index contributed by atoms with van der Waals surface area (Å²) in [6, 6.07) is 10.3. The largest absolute Gasteiger partial charge is 0.490 e. The van der Waals surface area contributed by atoms with Crippen LogP contribution in [0, 0.1) is 5.92 Å². The number of benzene rings is 1. The predicted molar refractivity (Wildman–Crippen MR) is 128 cm³/mol. The molecule has 2 aliphatic heterocycles. The summed E-state index contributed by atoms with van der Waals surface area (Å²) in [6.07, 6.45) is 5.90. The summed E-state index contributed by atoms with van der Waals surface area (Å²) >= 11 is 6.40. The first-order valence-electron chi connectivity index (χ1n) is 11.6. The van der Waals surface area contributed by atoms with Gasteiger partial charge in [-0.3, -0.25) is 9.78 Å². The first-order valence-corrected chi connectivity index (χ1v) is 12.0. The van der Waals surface area contributed by atoms with Gasteiger partial charge in [-0.25, -0.2) is 0 Å². The number of hydrogen-bond acceptors (Lipinski definition) is 5. The average molecular weight is 458 g/mol. The lowest BCUT2D eigenvalue weighted by Crippen LogP contribution is -2.38. The minimum Gasteiger partial charge on any atom is -0.490 e. The number of hydrogen-bond donors (Lipinski definition) is 1. The normalized spacial score (nSPS) is 21.7. The SMILES string of the molecule is CCc1cc(N2CCC(Oc3ccc(N4CC[C@@H](C)[C@@H]4CC(=O)O)cc3)CC2)c(Cl)cn1. The predicted octanol–water partition coefficient (Wildman–Crippen LogP) is 5.03. The standard InChI is InChI=1S/C25H32ClN3O3/c1-3-18-14-24(22(26)16-27-18)28-11-9-21(10-12-28)32-20-6-4-19(5-7-20)29-13-8-17(2)23(29)15-25(30)31/h4-7,14,16-17,21,23H,3,8-13,15H2,1-2H3,(H,30,31)/t17-,23+/m1/s1. The van der Waals surface area contributed by atoms with Crippen molar-refractivity contribution in [2.75, 3.05) is 29.4 Å². The second kappa shape index (κ2) is 9.99. The number of carbonyl (C=O) groups is 1. The number of carboxylic acid groups (broad SMARTS) is 1. The fourth-order valence-corrected chi connectivity index (χ4v) is 5.07. The molecule has 3 heterocycles. The van der Waals surface area contributed by atoms with Crippen LogP contribution >= 0.6 is 11.6 Å². The van der Waals surface area contributed by atoms with E-state index >= 15 is 0 Å². The van der Waals surface area contributed by atoms with Gasteiger partial charge in [-0.15, -0.1) is 0 Å². The van der Waals surface area contributed by atoms with Crippen molar-refractivity contribution in [3.63, 3.8) is 0 Å². The van der Waals surface area contributed by atoms with E-state index in [1.54, 1.807) is 6.20 Å². The van der Waals surface area contributed by atoms with Crippen molar-refractivity contribution in [1.82, 2.24) is 4.98 Å². The molecular weight excluding hydrogens is 426 g/mol. The van der Waals surface area contributed by atoms with Crippen molar-refractivity contribution in [3.05, 3.63) is 47.2 Å². The molecule has 0 bridgehead atoms. The lowest BCUT2D eigenvalue weighted by molar-refractivity contribution is -0.137. The average Bonchev–Trinajstić information content (AvgIpc) is 3.15. The Labute approximate surface area is 195 Å². The van der Waals surface area contributed by atoms with Crippen LogP contribution in [0.3, 0.4) is 0 Å². The summed E-state index contributed by atoms with van der Waals surface area (Å²) in [5, 5.41) is 9.96. The van der Waals surface area contributed by atoms with Crippen LogP contribution in [-0.2, 0) is 11.2 Å². The zero-order chi connectivity index (χ0) is 22.7. The fraction of sp³-hybridized carbons (Fsp3) is 0.520. The zero-order valence-corrected chi connectivity index (χ0v) is 19.6. The minimum absolute atomic E-state index is 0.0526. The number of aliphatic carboxylic acids is 1. The summed E-state index contributed by atoms with van der Waals surface area (Å²) in [4.78, 5) is 20.2. The first-order chi connectivity index (χ1) is 15.4. The smallest absolute Gasteiger partial charge is 0.305 e. The van der Waals surface area contributed by atoms with Gasteiger partial charge in [0.2, 0.25) is 0 Å². The van der Waals surface area contributed by atoms with Gasteiger partial charge in [-0.05, 0) is 49.1 Å². The van der Waals surface area contributed by atoms with Crippen molar-refractivity contribution < 1.29 is 14.6 Å². The Morgan fingerprint density at radius 1 is 1.19 bits per heavy atom. The second-order valence-corrected chi connectivity index (χ2v) is 9.31. The molecule has 6 nitrogen and oxygen atoms in total. The first kappa shape index (κ1) is 22.7. The van der Waals surface area contributed by atoms with E-state index in [2.05, 4.69) is 46.8 Å². The number of aromatic nitrogens is 1. The highest BCUT2D eigenvalue weighted by atomic mass is 35.5. The van der Waals surface area contributed by atoms with Gasteiger partial charge in [0.1, 0.15) is 11.9 Å². The highest BCUT2D eigenvalue weighted by Gasteiger charge is 2.33. The zero-order valence-electron chi connectivity index (χ0n) is 18.8. The summed E-state index contributed by atoms with van der Waals surface area (Å²) in [5.41, 5.74) is 3.19. The second-order valence-electron chi connectivity index (χ2n) is 8.90. The quantitative estimate of drug-likeness (QED) is 0.628. The monoisotopic (exact) mass is 457 g/mol. The number of anilines is 2. The molecule has 0 unspecified atom stereocenters. The molecule has 2 atom stereocenters. The van der Waals surface area contributed by atoms with E-state index in [0.29, 0.717) is 10.9 Å². The number of aryl methyl sites for hydroxylation is 1. The van der Waals surface area contributed by atoms with Crippen molar-refractivity contribution in [3.8, 4) is 5.75 Å². The topological polar surface area (TPSA) is 65.9 Å². The molecule has 0 aliphatic carbocycles. The van der Waals surface area contributed by atoms with Gasteiger partial charge >= 0.3 is 5.97 Å². The molecule has 1 N–H and O–H groups in total. The van der Waals surface area contributed by atoms with E-state index in [4.69, 9.17) is 16.3 Å². The molecule has 1 aromatic heterocycles. The summed E-state index contributed by atoms with van der Waals surface area (Å²) in [6.45, 7) is 6.94. The number of ether oxygens (including phenoxy) is 1. The molecule has 1 aromatic carbocycles. The Kier molecular flexibility index (Phi) is 7.09. The Hall–Kier alpha value is -2.47. The van der Waals surface area contributed by atoms with Crippen LogP contribution in [0.1, 0.15) is 45.2 Å². The van der Waals surface area contributed by atoms with E-state index in [-0.39, 0.29) is 18.6 Å². The van der Waals surface area contributed by atoms with Crippen molar-refractivity contribution in [2.24, 2.45) is 5.92 Å². The molecule has 0 radical (unpaired) electrons. The van der Waals surface area contributed by atoms with E-state index in [9.17, 15) is 9.90 Å².